The van der Waals surface area contributed by atoms with Gasteiger partial charge in [-0.1, -0.05) is 28.9 Å². The number of carbonyl (C=O) groups excluding carboxylic acids is 1. The molecule has 1 aliphatic heterocycles. The summed E-state index contributed by atoms with van der Waals surface area (Å²) in [4.78, 5) is 14.4. The second kappa shape index (κ2) is 5.46. The van der Waals surface area contributed by atoms with Crippen molar-refractivity contribution >= 4 is 21.7 Å². The van der Waals surface area contributed by atoms with Crippen molar-refractivity contribution in [3.8, 4) is 0 Å². The average Bonchev–Trinajstić information content (AvgIpc) is 2.66. The average molecular weight is 286 g/mol. The van der Waals surface area contributed by atoms with E-state index in [0.717, 1.165) is 36.8 Å². The van der Waals surface area contributed by atoms with Crippen LogP contribution in [-0.2, 0) is 4.79 Å². The van der Waals surface area contributed by atoms with E-state index >= 15 is 0 Å². The van der Waals surface area contributed by atoms with Gasteiger partial charge in [-0.05, 0) is 32.2 Å². The van der Waals surface area contributed by atoms with Crippen LogP contribution in [0.3, 0.4) is 0 Å². The van der Waals surface area contributed by atoms with Gasteiger partial charge < -0.3 is 0 Å². The molecule has 0 amide bonds. The van der Waals surface area contributed by atoms with Gasteiger partial charge in [0.15, 0.2) is 0 Å². The highest BCUT2D eigenvalue weighted by molar-refractivity contribution is 9.11. The zero-order chi connectivity index (χ0) is 11.5. The Labute approximate surface area is 106 Å². The maximum absolute atomic E-state index is 12.0. The fourth-order valence-corrected chi connectivity index (χ4v) is 3.46. The first-order chi connectivity index (χ1) is 7.68. The normalized spacial score (nSPS) is 31.9. The Balaban J connectivity index is 2.00. The summed E-state index contributed by atoms with van der Waals surface area (Å²) in [7, 11) is 0. The van der Waals surface area contributed by atoms with Crippen LogP contribution in [0.4, 0.5) is 0 Å². The molecule has 1 heterocycles. The Kier molecular flexibility index (Phi) is 4.20. The molecule has 0 bridgehead atoms. The maximum Gasteiger partial charge on any atom is 0.137 e. The van der Waals surface area contributed by atoms with Gasteiger partial charge in [0, 0.05) is 29.4 Å². The summed E-state index contributed by atoms with van der Waals surface area (Å²) >= 11 is 3.43. The van der Waals surface area contributed by atoms with Crippen LogP contribution in [0.25, 0.3) is 0 Å². The molecular formula is C13H20BrNO. The van der Waals surface area contributed by atoms with Crippen molar-refractivity contribution < 1.29 is 4.79 Å². The molecule has 1 saturated carbocycles. The second-order valence-corrected chi connectivity index (χ2v) is 6.14. The van der Waals surface area contributed by atoms with Crippen LogP contribution in [0, 0.1) is 5.92 Å². The van der Waals surface area contributed by atoms with E-state index in [4.69, 9.17) is 0 Å². The van der Waals surface area contributed by atoms with E-state index in [1.54, 1.807) is 0 Å². The molecule has 0 spiro atoms. The Hall–Kier alpha value is -0.150. The van der Waals surface area contributed by atoms with E-state index in [0.29, 0.717) is 17.7 Å². The lowest BCUT2D eigenvalue weighted by Gasteiger charge is -2.32. The first-order valence-electron chi connectivity index (χ1n) is 6.28. The zero-order valence-electron chi connectivity index (χ0n) is 9.75. The van der Waals surface area contributed by atoms with Gasteiger partial charge in [0.25, 0.3) is 0 Å². The van der Waals surface area contributed by atoms with E-state index < -0.39 is 0 Å². The van der Waals surface area contributed by atoms with Gasteiger partial charge in [-0.15, -0.1) is 0 Å². The number of hydrogen-bond acceptors (Lipinski definition) is 2. The maximum atomic E-state index is 12.0. The number of hydrogen-bond donors (Lipinski definition) is 0. The molecule has 1 saturated heterocycles. The van der Waals surface area contributed by atoms with Crippen molar-refractivity contribution in [1.29, 1.82) is 0 Å². The molecule has 2 rings (SSSR count). The molecule has 2 atom stereocenters. The first kappa shape index (κ1) is 12.3. The quantitative estimate of drug-likeness (QED) is 0.794. The summed E-state index contributed by atoms with van der Waals surface area (Å²) < 4.78 is 1.03. The number of halogens is 1. The summed E-state index contributed by atoms with van der Waals surface area (Å²) in [5, 5.41) is 0. The number of likely N-dealkylation sites (tertiary alicyclic amines) is 1. The third-order valence-corrected chi connectivity index (χ3v) is 4.11. The van der Waals surface area contributed by atoms with Gasteiger partial charge in [-0.25, -0.2) is 0 Å². The minimum Gasteiger partial charge on any atom is -0.299 e. The van der Waals surface area contributed by atoms with Crippen molar-refractivity contribution in [2.24, 2.45) is 5.92 Å². The molecule has 90 valence electrons. The molecule has 0 N–H and O–H groups in total. The fraction of sp³-hybridized carbons (Fsp3) is 0.769. The molecule has 0 aromatic carbocycles. The number of nitrogens with zero attached hydrogens (tertiary/aromatic N) is 1. The number of Topliss-reactive ketones (excluding diaryl/α,β-unsaturated/α-hetero) is 1. The number of ketones is 1. The summed E-state index contributed by atoms with van der Waals surface area (Å²) in [6, 6.07) is 0.488. The van der Waals surface area contributed by atoms with E-state index in [1.807, 2.05) is 0 Å². The molecule has 0 aromatic rings. The molecule has 2 nitrogen and oxygen atoms in total. The van der Waals surface area contributed by atoms with Crippen molar-refractivity contribution in [3.05, 3.63) is 11.1 Å². The summed E-state index contributed by atoms with van der Waals surface area (Å²) in [6.45, 7) is 5.93. The molecule has 2 unspecified atom stereocenters. The lowest BCUT2D eigenvalue weighted by atomic mass is 9.82. The molecular weight excluding hydrogens is 266 g/mol. The standard InChI is InChI=1S/C13H20BrNO/c1-10(14)9-15-8-4-6-12(15)11-5-2-3-7-13(11)16/h11-12H,1-9H2. The third-order valence-electron chi connectivity index (χ3n) is 3.86. The molecule has 3 heteroatoms. The lowest BCUT2D eigenvalue weighted by molar-refractivity contribution is -0.126. The van der Waals surface area contributed by atoms with Crippen LogP contribution >= 0.6 is 15.9 Å². The first-order valence-corrected chi connectivity index (χ1v) is 7.08. The summed E-state index contributed by atoms with van der Waals surface area (Å²) in [6.07, 6.45) is 6.67. The van der Waals surface area contributed by atoms with E-state index in [9.17, 15) is 4.79 Å². The Morgan fingerprint density at radius 1 is 1.38 bits per heavy atom. The van der Waals surface area contributed by atoms with Gasteiger partial charge in [0.2, 0.25) is 0 Å². The van der Waals surface area contributed by atoms with Crippen LogP contribution in [0.15, 0.2) is 11.1 Å². The van der Waals surface area contributed by atoms with E-state index in [2.05, 4.69) is 27.4 Å². The predicted octanol–water partition coefficient (Wildman–Crippen LogP) is 3.12. The van der Waals surface area contributed by atoms with Gasteiger partial charge in [-0.2, -0.15) is 0 Å². The topological polar surface area (TPSA) is 20.3 Å². The molecule has 0 radical (unpaired) electrons. The minimum absolute atomic E-state index is 0.308. The van der Waals surface area contributed by atoms with E-state index in [-0.39, 0.29) is 0 Å². The van der Waals surface area contributed by atoms with Gasteiger partial charge in [-0.3, -0.25) is 9.69 Å². The largest absolute Gasteiger partial charge is 0.299 e. The minimum atomic E-state index is 0.308. The van der Waals surface area contributed by atoms with E-state index in [1.165, 1.54) is 19.3 Å². The Morgan fingerprint density at radius 3 is 2.88 bits per heavy atom. The highest BCUT2D eigenvalue weighted by Gasteiger charge is 2.36. The van der Waals surface area contributed by atoms with Crippen molar-refractivity contribution in [2.45, 2.75) is 44.6 Å². The van der Waals surface area contributed by atoms with Crippen molar-refractivity contribution in [2.75, 3.05) is 13.1 Å². The third kappa shape index (κ3) is 2.75. The van der Waals surface area contributed by atoms with Crippen LogP contribution in [0.1, 0.15) is 38.5 Å². The second-order valence-electron chi connectivity index (χ2n) is 5.02. The number of carbonyl (C=O) groups is 1. The Morgan fingerprint density at radius 2 is 2.19 bits per heavy atom. The highest BCUT2D eigenvalue weighted by atomic mass is 79.9. The van der Waals surface area contributed by atoms with Crippen LogP contribution < -0.4 is 0 Å². The van der Waals surface area contributed by atoms with Crippen LogP contribution in [-0.4, -0.2) is 29.8 Å². The van der Waals surface area contributed by atoms with Crippen molar-refractivity contribution in [3.63, 3.8) is 0 Å². The monoisotopic (exact) mass is 285 g/mol. The summed E-state index contributed by atoms with van der Waals surface area (Å²) in [5.74, 6) is 0.812. The Bertz CT molecular complexity index is 290. The SMILES string of the molecule is C=C(Br)CN1CCCC1C1CCCCC1=O. The lowest BCUT2D eigenvalue weighted by Crippen LogP contribution is -2.41. The molecule has 2 fully saturated rings. The highest BCUT2D eigenvalue weighted by Crippen LogP contribution is 2.32. The molecule has 2 aliphatic rings. The van der Waals surface area contributed by atoms with Gasteiger partial charge in [0.05, 0.1) is 0 Å². The van der Waals surface area contributed by atoms with Gasteiger partial charge >= 0.3 is 0 Å². The van der Waals surface area contributed by atoms with Crippen LogP contribution in [0.2, 0.25) is 0 Å². The van der Waals surface area contributed by atoms with Gasteiger partial charge in [0.1, 0.15) is 5.78 Å². The zero-order valence-corrected chi connectivity index (χ0v) is 11.3. The molecule has 1 aliphatic carbocycles. The predicted molar refractivity (Wildman–Crippen MR) is 69.6 cm³/mol. The smallest absolute Gasteiger partial charge is 0.137 e. The fourth-order valence-electron chi connectivity index (χ4n) is 3.14. The van der Waals surface area contributed by atoms with Crippen molar-refractivity contribution in [1.82, 2.24) is 4.90 Å². The van der Waals surface area contributed by atoms with Crippen LogP contribution in [0.5, 0.6) is 0 Å². The summed E-state index contributed by atoms with van der Waals surface area (Å²) in [5.41, 5.74) is 0. The number of rotatable bonds is 3. The molecule has 16 heavy (non-hydrogen) atoms. The molecule has 0 aromatic heterocycles.